The number of amides is 1. The van der Waals surface area contributed by atoms with Gasteiger partial charge in [0.05, 0.1) is 16.8 Å². The Labute approximate surface area is 149 Å². The van der Waals surface area contributed by atoms with E-state index < -0.39 is 0 Å². The summed E-state index contributed by atoms with van der Waals surface area (Å²) in [6.07, 6.45) is 5.71. The van der Waals surface area contributed by atoms with Crippen LogP contribution in [0.4, 0.5) is 0 Å². The van der Waals surface area contributed by atoms with E-state index in [1.807, 2.05) is 18.1 Å². The Bertz CT molecular complexity index is 941. The average molecular weight is 353 g/mol. The molecule has 3 aromatic heterocycles. The third kappa shape index (κ3) is 2.12. The first-order chi connectivity index (χ1) is 12.2. The lowest BCUT2D eigenvalue weighted by atomic mass is 9.85. The Morgan fingerprint density at radius 3 is 2.92 bits per heavy atom. The Balaban J connectivity index is 1.44. The van der Waals surface area contributed by atoms with Gasteiger partial charge < -0.3 is 9.47 Å². The molecule has 5 heterocycles. The summed E-state index contributed by atoms with van der Waals surface area (Å²) in [7, 11) is 1.81. The van der Waals surface area contributed by atoms with Crippen molar-refractivity contribution in [2.75, 3.05) is 13.1 Å². The Morgan fingerprint density at radius 2 is 2.16 bits per heavy atom. The fourth-order valence-electron chi connectivity index (χ4n) is 4.26. The maximum atomic E-state index is 12.8. The van der Waals surface area contributed by atoms with E-state index in [2.05, 4.69) is 27.2 Å². The standard InChI is InChI=1S/C18H19N5OS/c1-21-13(4-7-20-21)16(24)22-8-5-18(12-22)6-9-23-14(11-19-17(18)23)15-3-2-10-25-15/h2-4,7,10-11H,5-6,8-9,12H2,1H3/t18-/m0/s1. The zero-order valence-corrected chi connectivity index (χ0v) is 14.9. The van der Waals surface area contributed by atoms with Crippen LogP contribution >= 0.6 is 11.3 Å². The van der Waals surface area contributed by atoms with Crippen LogP contribution in [0, 0.1) is 0 Å². The van der Waals surface area contributed by atoms with Gasteiger partial charge >= 0.3 is 0 Å². The first-order valence-electron chi connectivity index (χ1n) is 8.55. The number of hydrogen-bond acceptors (Lipinski definition) is 4. The van der Waals surface area contributed by atoms with Crippen LogP contribution < -0.4 is 0 Å². The minimum absolute atomic E-state index is 0.00373. The molecule has 1 fully saturated rings. The van der Waals surface area contributed by atoms with Gasteiger partial charge in [-0.05, 0) is 30.4 Å². The molecule has 7 heteroatoms. The van der Waals surface area contributed by atoms with E-state index in [0.717, 1.165) is 38.3 Å². The largest absolute Gasteiger partial charge is 0.336 e. The number of aryl methyl sites for hydroxylation is 1. The Kier molecular flexibility index (Phi) is 3.15. The summed E-state index contributed by atoms with van der Waals surface area (Å²) in [5.74, 6) is 1.22. The lowest BCUT2D eigenvalue weighted by Crippen LogP contribution is -2.34. The van der Waals surface area contributed by atoms with Crippen LogP contribution in [-0.4, -0.2) is 43.2 Å². The topological polar surface area (TPSA) is 56.0 Å². The number of aromatic nitrogens is 4. The molecule has 25 heavy (non-hydrogen) atoms. The second kappa shape index (κ2) is 5.29. The van der Waals surface area contributed by atoms with E-state index in [4.69, 9.17) is 4.98 Å². The highest BCUT2D eigenvalue weighted by molar-refractivity contribution is 7.13. The molecule has 3 aromatic rings. The molecule has 6 nitrogen and oxygen atoms in total. The highest BCUT2D eigenvalue weighted by atomic mass is 32.1. The van der Waals surface area contributed by atoms with Gasteiger partial charge in [0.2, 0.25) is 0 Å². The van der Waals surface area contributed by atoms with Crippen LogP contribution in [0.3, 0.4) is 0 Å². The molecule has 0 radical (unpaired) electrons. The number of fused-ring (bicyclic) bond motifs is 2. The highest BCUT2D eigenvalue weighted by Crippen LogP contribution is 2.44. The van der Waals surface area contributed by atoms with Crippen molar-refractivity contribution in [2.45, 2.75) is 24.8 Å². The summed E-state index contributed by atoms with van der Waals surface area (Å²) >= 11 is 1.75. The molecule has 1 amide bonds. The van der Waals surface area contributed by atoms with Crippen molar-refractivity contribution in [1.82, 2.24) is 24.2 Å². The van der Waals surface area contributed by atoms with Crippen molar-refractivity contribution in [3.63, 3.8) is 0 Å². The molecule has 5 rings (SSSR count). The predicted molar refractivity (Wildman–Crippen MR) is 95.6 cm³/mol. The highest BCUT2D eigenvalue weighted by Gasteiger charge is 2.48. The van der Waals surface area contributed by atoms with E-state index in [0.29, 0.717) is 5.69 Å². The van der Waals surface area contributed by atoms with Crippen LogP contribution in [0.2, 0.25) is 0 Å². The van der Waals surface area contributed by atoms with Gasteiger partial charge in [0, 0.05) is 38.3 Å². The molecule has 1 atom stereocenters. The maximum absolute atomic E-state index is 12.8. The normalized spacial score (nSPS) is 22.0. The molecule has 0 aliphatic carbocycles. The number of carbonyl (C=O) groups is 1. The molecule has 0 unspecified atom stereocenters. The smallest absolute Gasteiger partial charge is 0.272 e. The molecule has 128 valence electrons. The maximum Gasteiger partial charge on any atom is 0.272 e. The second-order valence-corrected chi connectivity index (χ2v) is 7.89. The fourth-order valence-corrected chi connectivity index (χ4v) is 5.01. The van der Waals surface area contributed by atoms with E-state index in [9.17, 15) is 4.79 Å². The fraction of sp³-hybridized carbons (Fsp3) is 0.389. The van der Waals surface area contributed by atoms with E-state index in [-0.39, 0.29) is 11.3 Å². The van der Waals surface area contributed by atoms with Gasteiger partial charge in [0.15, 0.2) is 0 Å². The van der Waals surface area contributed by atoms with Crippen molar-refractivity contribution < 1.29 is 4.79 Å². The van der Waals surface area contributed by atoms with Gasteiger partial charge in [0.25, 0.3) is 5.91 Å². The lowest BCUT2D eigenvalue weighted by molar-refractivity contribution is 0.0772. The number of imidazole rings is 1. The van der Waals surface area contributed by atoms with Crippen LogP contribution in [0.25, 0.3) is 10.6 Å². The van der Waals surface area contributed by atoms with Crippen molar-refractivity contribution >= 4 is 17.2 Å². The number of nitrogens with zero attached hydrogens (tertiary/aromatic N) is 5. The first-order valence-corrected chi connectivity index (χ1v) is 9.43. The minimum Gasteiger partial charge on any atom is -0.336 e. The van der Waals surface area contributed by atoms with Crippen LogP contribution in [0.1, 0.15) is 29.2 Å². The SMILES string of the molecule is Cn1nccc1C(=O)N1CC[C@]2(CCn3c(-c4cccs4)cnc32)C1. The number of hydrogen-bond donors (Lipinski definition) is 0. The van der Waals surface area contributed by atoms with Gasteiger partial charge in [-0.3, -0.25) is 9.48 Å². The third-order valence-corrected chi connectivity index (χ3v) is 6.49. The van der Waals surface area contributed by atoms with Gasteiger partial charge in [0.1, 0.15) is 11.5 Å². The third-order valence-electron chi connectivity index (χ3n) is 5.60. The quantitative estimate of drug-likeness (QED) is 0.711. The van der Waals surface area contributed by atoms with Crippen LogP contribution in [0.15, 0.2) is 36.0 Å². The summed E-state index contributed by atoms with van der Waals surface area (Å²) in [5.41, 5.74) is 1.86. The molecular weight excluding hydrogens is 334 g/mol. The molecule has 1 spiro atoms. The number of carbonyl (C=O) groups excluding carboxylic acids is 1. The van der Waals surface area contributed by atoms with E-state index in [1.54, 1.807) is 28.3 Å². The van der Waals surface area contributed by atoms with Crippen LogP contribution in [0.5, 0.6) is 0 Å². The van der Waals surface area contributed by atoms with Gasteiger partial charge in [-0.1, -0.05) is 6.07 Å². The first kappa shape index (κ1) is 14.9. The van der Waals surface area contributed by atoms with Gasteiger partial charge in [-0.15, -0.1) is 11.3 Å². The predicted octanol–water partition coefficient (Wildman–Crippen LogP) is 2.53. The van der Waals surface area contributed by atoms with Crippen molar-refractivity contribution in [3.05, 3.63) is 47.5 Å². The molecule has 0 bridgehead atoms. The molecule has 2 aliphatic rings. The summed E-state index contributed by atoms with van der Waals surface area (Å²) in [6.45, 7) is 2.51. The number of rotatable bonds is 2. The Hall–Kier alpha value is -2.41. The molecule has 0 N–H and O–H groups in total. The van der Waals surface area contributed by atoms with Crippen LogP contribution in [-0.2, 0) is 19.0 Å². The van der Waals surface area contributed by atoms with Crippen molar-refractivity contribution in [1.29, 1.82) is 0 Å². The van der Waals surface area contributed by atoms with E-state index >= 15 is 0 Å². The zero-order valence-electron chi connectivity index (χ0n) is 14.1. The summed E-state index contributed by atoms with van der Waals surface area (Å²) in [6, 6.07) is 6.01. The van der Waals surface area contributed by atoms with Crippen molar-refractivity contribution in [3.8, 4) is 10.6 Å². The summed E-state index contributed by atoms with van der Waals surface area (Å²) in [4.78, 5) is 20.8. The zero-order chi connectivity index (χ0) is 17.0. The monoisotopic (exact) mass is 353 g/mol. The second-order valence-electron chi connectivity index (χ2n) is 6.94. The van der Waals surface area contributed by atoms with E-state index in [1.165, 1.54) is 10.6 Å². The Morgan fingerprint density at radius 1 is 1.28 bits per heavy atom. The van der Waals surface area contributed by atoms with Gasteiger partial charge in [-0.25, -0.2) is 4.98 Å². The molecule has 0 aromatic carbocycles. The molecule has 0 saturated carbocycles. The minimum atomic E-state index is 0.00373. The lowest BCUT2D eigenvalue weighted by Gasteiger charge is -2.22. The van der Waals surface area contributed by atoms with Crippen molar-refractivity contribution in [2.24, 2.45) is 7.05 Å². The molecule has 1 saturated heterocycles. The number of likely N-dealkylation sites (tertiary alicyclic amines) is 1. The number of thiophene rings is 1. The van der Waals surface area contributed by atoms with Gasteiger partial charge in [-0.2, -0.15) is 5.10 Å². The molecule has 2 aliphatic heterocycles. The summed E-state index contributed by atoms with van der Waals surface area (Å²) in [5, 5.41) is 6.22. The molecular formula is C18H19N5OS. The summed E-state index contributed by atoms with van der Waals surface area (Å²) < 4.78 is 4.00. The average Bonchev–Trinajstić information content (AvgIpc) is 3.38.